The number of hydrogen-bond acceptors (Lipinski definition) is 15. The minimum Gasteiger partial charge on any atom is -0.462 e. The average Bonchev–Trinajstić information content (AvgIpc) is 1.85. The zero-order valence-corrected chi connectivity index (χ0v) is 68.9. The van der Waals surface area contributed by atoms with Crippen LogP contribution in [0.15, 0.2) is 0 Å². The van der Waals surface area contributed by atoms with Crippen LogP contribution in [0.4, 0.5) is 0 Å². The minimum absolute atomic E-state index is 0.103. The molecule has 19 heteroatoms. The highest BCUT2D eigenvalue weighted by Crippen LogP contribution is 2.45. The number of aliphatic hydroxyl groups is 1. The number of unbranched alkanes of at least 4 members (excludes halogenated alkanes) is 49. The number of carbonyl (C=O) groups excluding carboxylic acids is 4. The fraction of sp³-hybridized carbons (Fsp3) is 0.952. The van der Waals surface area contributed by atoms with Crippen LogP contribution in [0.25, 0.3) is 0 Å². The lowest BCUT2D eigenvalue weighted by Gasteiger charge is -2.21. The molecule has 0 spiro atoms. The molecule has 2 unspecified atom stereocenters. The normalized spacial score (nSPS) is 13.9. The van der Waals surface area contributed by atoms with Gasteiger partial charge in [0.25, 0.3) is 0 Å². The third-order valence-corrected chi connectivity index (χ3v) is 21.3. The second-order valence-electron chi connectivity index (χ2n) is 31.3. The van der Waals surface area contributed by atoms with Crippen molar-refractivity contribution in [2.75, 3.05) is 39.6 Å². The summed E-state index contributed by atoms with van der Waals surface area (Å²) >= 11 is 0. The smallest absolute Gasteiger partial charge is 0.462 e. The number of esters is 4. The van der Waals surface area contributed by atoms with Crippen molar-refractivity contribution in [1.82, 2.24) is 0 Å². The second kappa shape index (κ2) is 73.2. The van der Waals surface area contributed by atoms with E-state index in [2.05, 4.69) is 48.5 Å². The van der Waals surface area contributed by atoms with Gasteiger partial charge in [-0.2, -0.15) is 0 Å². The summed E-state index contributed by atoms with van der Waals surface area (Å²) in [5.41, 5.74) is 0. The molecule has 0 aromatic carbocycles. The van der Waals surface area contributed by atoms with E-state index in [4.69, 9.17) is 37.0 Å². The Bertz CT molecular complexity index is 1970. The number of phosphoric ester groups is 2. The Balaban J connectivity index is 5.16. The van der Waals surface area contributed by atoms with Gasteiger partial charge in [0.15, 0.2) is 12.2 Å². The Morgan fingerprint density at radius 1 is 0.265 bits per heavy atom. The van der Waals surface area contributed by atoms with E-state index in [0.29, 0.717) is 37.5 Å². The molecule has 0 fully saturated rings. The number of carbonyl (C=O) groups is 4. The molecule has 0 heterocycles. The quantitative estimate of drug-likeness (QED) is 0.0222. The van der Waals surface area contributed by atoms with Crippen LogP contribution in [0.1, 0.15) is 434 Å². The molecule has 0 aromatic heterocycles. The maximum Gasteiger partial charge on any atom is 0.472 e. The van der Waals surface area contributed by atoms with Gasteiger partial charge in [0.2, 0.25) is 0 Å². The van der Waals surface area contributed by atoms with Gasteiger partial charge in [-0.25, -0.2) is 9.13 Å². The van der Waals surface area contributed by atoms with E-state index in [-0.39, 0.29) is 25.7 Å². The first kappa shape index (κ1) is 100. The monoisotopic (exact) mass is 1490 g/mol. The third-order valence-electron chi connectivity index (χ3n) is 19.4. The molecule has 3 N–H and O–H groups in total. The fourth-order valence-corrected chi connectivity index (χ4v) is 14.4. The summed E-state index contributed by atoms with van der Waals surface area (Å²) in [4.78, 5) is 72.9. The van der Waals surface area contributed by atoms with Gasteiger partial charge in [-0.05, 0) is 43.4 Å². The molecule has 0 rings (SSSR count). The molecule has 5 atom stereocenters. The lowest BCUT2D eigenvalue weighted by Crippen LogP contribution is -2.30. The van der Waals surface area contributed by atoms with E-state index in [1.54, 1.807) is 0 Å². The molecule has 0 aliphatic heterocycles. The van der Waals surface area contributed by atoms with Crippen LogP contribution in [0.5, 0.6) is 0 Å². The van der Waals surface area contributed by atoms with E-state index < -0.39 is 97.5 Å². The van der Waals surface area contributed by atoms with Crippen molar-refractivity contribution in [3.63, 3.8) is 0 Å². The van der Waals surface area contributed by atoms with Crippen LogP contribution >= 0.6 is 15.6 Å². The van der Waals surface area contributed by atoms with Gasteiger partial charge in [-0.1, -0.05) is 382 Å². The van der Waals surface area contributed by atoms with Crippen LogP contribution in [0.2, 0.25) is 0 Å². The van der Waals surface area contributed by atoms with Crippen molar-refractivity contribution in [2.24, 2.45) is 17.8 Å². The Hall–Kier alpha value is -1.94. The molecule has 0 radical (unpaired) electrons. The van der Waals surface area contributed by atoms with Crippen molar-refractivity contribution < 1.29 is 80.2 Å². The molecule has 0 aliphatic rings. The SMILES string of the molecule is CCCCCCCCCCCCCCCCCCCCCCCCC(=O)O[C@H](COC(=O)CCCCCCCCCCCCCCCCCCCCC(C)C)COP(=O)(O)OC[C@@H](O)COP(=O)(O)OC[C@@H](COC(=O)CCCCCCCCC(C)C)OC(=O)CCCCCCCCCC(C)C. The molecule has 606 valence electrons. The van der Waals surface area contributed by atoms with Gasteiger partial charge in [0.1, 0.15) is 19.3 Å². The topological polar surface area (TPSA) is 237 Å². The molecular formula is C83H162O17P2. The fourth-order valence-electron chi connectivity index (χ4n) is 12.8. The predicted molar refractivity (Wildman–Crippen MR) is 418 cm³/mol. The van der Waals surface area contributed by atoms with E-state index in [0.717, 1.165) is 102 Å². The Morgan fingerprint density at radius 2 is 0.451 bits per heavy atom. The van der Waals surface area contributed by atoms with Crippen LogP contribution in [0.3, 0.4) is 0 Å². The Labute approximate surface area is 626 Å². The first-order chi connectivity index (χ1) is 49.2. The highest BCUT2D eigenvalue weighted by Gasteiger charge is 2.30. The molecule has 0 bridgehead atoms. The lowest BCUT2D eigenvalue weighted by molar-refractivity contribution is -0.161. The Kier molecular flexibility index (Phi) is 71.8. The molecular weight excluding hydrogens is 1330 g/mol. The van der Waals surface area contributed by atoms with E-state index in [9.17, 15) is 43.2 Å². The summed E-state index contributed by atoms with van der Waals surface area (Å²) < 4.78 is 68.6. The van der Waals surface area contributed by atoms with Crippen LogP contribution in [-0.2, 0) is 65.4 Å². The van der Waals surface area contributed by atoms with E-state index >= 15 is 0 Å². The van der Waals surface area contributed by atoms with Gasteiger partial charge in [-0.15, -0.1) is 0 Å². The molecule has 102 heavy (non-hydrogen) atoms. The summed E-state index contributed by atoms with van der Waals surface area (Å²) in [6.45, 7) is 11.8. The molecule has 0 aliphatic carbocycles. The molecule has 17 nitrogen and oxygen atoms in total. The number of rotatable bonds is 81. The van der Waals surface area contributed by atoms with Crippen LogP contribution in [-0.4, -0.2) is 96.7 Å². The van der Waals surface area contributed by atoms with Gasteiger partial charge < -0.3 is 33.8 Å². The predicted octanol–water partition coefficient (Wildman–Crippen LogP) is 24.9. The van der Waals surface area contributed by atoms with Crippen molar-refractivity contribution in [1.29, 1.82) is 0 Å². The minimum atomic E-state index is -4.96. The summed E-state index contributed by atoms with van der Waals surface area (Å²) in [5, 5.41) is 10.6. The van der Waals surface area contributed by atoms with Crippen molar-refractivity contribution >= 4 is 39.5 Å². The van der Waals surface area contributed by atoms with Gasteiger partial charge in [-0.3, -0.25) is 37.3 Å². The lowest BCUT2D eigenvalue weighted by atomic mass is 10.0. The third kappa shape index (κ3) is 76.3. The molecule has 0 saturated heterocycles. The van der Waals surface area contributed by atoms with Gasteiger partial charge in [0.05, 0.1) is 26.4 Å². The maximum atomic E-state index is 13.1. The summed E-state index contributed by atoms with van der Waals surface area (Å²) in [6, 6.07) is 0. The average molecular weight is 1490 g/mol. The van der Waals surface area contributed by atoms with Crippen molar-refractivity contribution in [3.8, 4) is 0 Å². The first-order valence-corrected chi connectivity index (χ1v) is 45.8. The van der Waals surface area contributed by atoms with Gasteiger partial charge >= 0.3 is 39.5 Å². The maximum absolute atomic E-state index is 13.1. The Morgan fingerprint density at radius 3 is 0.667 bits per heavy atom. The van der Waals surface area contributed by atoms with Crippen molar-refractivity contribution in [2.45, 2.75) is 452 Å². The standard InChI is InChI=1S/C83H162O17P2/c1-8-9-10-11-12-13-14-15-16-17-18-19-20-21-26-29-32-35-38-43-52-59-66-82(87)99-78(70-93-80(85)64-57-50-42-37-34-31-28-25-23-22-24-27-30-33-36-40-47-54-61-74(2)3)72-97-101(89,90)95-68-77(84)69-96-102(91,92)98-73-79(71-94-81(86)65-58-51-46-45-49-56-63-76(6)7)100-83(88)67-60-53-44-39-41-48-55-62-75(4)5/h74-79,84H,8-73H2,1-7H3,(H,89,90)(H,91,92)/t77-,78-,79-/m1/s1. The summed E-state index contributed by atoms with van der Waals surface area (Å²) in [7, 11) is -9.92. The van der Waals surface area contributed by atoms with Crippen LogP contribution < -0.4 is 0 Å². The molecule has 0 aromatic rings. The summed E-state index contributed by atoms with van der Waals surface area (Å²) in [6.07, 6.45) is 63.1. The highest BCUT2D eigenvalue weighted by molar-refractivity contribution is 7.47. The van der Waals surface area contributed by atoms with E-state index in [1.165, 1.54) is 238 Å². The zero-order chi connectivity index (χ0) is 75.1. The number of phosphoric acid groups is 2. The molecule has 0 amide bonds. The van der Waals surface area contributed by atoms with Crippen molar-refractivity contribution in [3.05, 3.63) is 0 Å². The van der Waals surface area contributed by atoms with Crippen LogP contribution in [0, 0.1) is 17.8 Å². The largest absolute Gasteiger partial charge is 0.472 e. The first-order valence-electron chi connectivity index (χ1n) is 42.8. The second-order valence-corrected chi connectivity index (χ2v) is 34.2. The number of ether oxygens (including phenoxy) is 4. The number of aliphatic hydroxyl groups excluding tert-OH is 1. The molecule has 0 saturated carbocycles. The summed E-state index contributed by atoms with van der Waals surface area (Å²) in [5.74, 6) is 0.0817. The number of hydrogen-bond donors (Lipinski definition) is 3. The zero-order valence-electron chi connectivity index (χ0n) is 67.1. The highest BCUT2D eigenvalue weighted by atomic mass is 31.2. The van der Waals surface area contributed by atoms with E-state index in [1.807, 2.05) is 0 Å². The van der Waals surface area contributed by atoms with Gasteiger partial charge in [0, 0.05) is 25.7 Å².